The van der Waals surface area contributed by atoms with Crippen molar-refractivity contribution in [3.05, 3.63) is 47.8 Å². The number of methoxy groups -OCH3 is 2. The van der Waals surface area contributed by atoms with Gasteiger partial charge in [-0.25, -0.2) is 4.39 Å². The van der Waals surface area contributed by atoms with Gasteiger partial charge in [0.1, 0.15) is 5.82 Å². The lowest BCUT2D eigenvalue weighted by Gasteiger charge is -2.31. The molecule has 1 aliphatic heterocycles. The van der Waals surface area contributed by atoms with E-state index in [1.54, 1.807) is 0 Å². The van der Waals surface area contributed by atoms with Crippen molar-refractivity contribution in [2.45, 2.75) is 25.3 Å². The fourth-order valence-corrected chi connectivity index (χ4v) is 4.27. The van der Waals surface area contributed by atoms with Gasteiger partial charge in [-0.05, 0) is 43.4 Å². The molecular formula is C21H23FN2O3. The molecule has 0 aromatic heterocycles. The summed E-state index contributed by atoms with van der Waals surface area (Å²) in [5.74, 6) is 0.143. The van der Waals surface area contributed by atoms with Crippen molar-refractivity contribution >= 4 is 17.3 Å². The van der Waals surface area contributed by atoms with Crippen LogP contribution >= 0.6 is 0 Å². The molecule has 2 atom stereocenters. The number of nitrogens with zero attached hydrogens (tertiary/aromatic N) is 1. The Labute approximate surface area is 158 Å². The fourth-order valence-electron chi connectivity index (χ4n) is 4.27. The van der Waals surface area contributed by atoms with Crippen LogP contribution in [0, 0.1) is 11.7 Å². The Morgan fingerprint density at radius 2 is 1.89 bits per heavy atom. The van der Waals surface area contributed by atoms with Crippen molar-refractivity contribution in [3.63, 3.8) is 0 Å². The lowest BCUT2D eigenvalue weighted by atomic mass is 10.1. The predicted molar refractivity (Wildman–Crippen MR) is 102 cm³/mol. The molecule has 1 amide bonds. The van der Waals surface area contributed by atoms with E-state index in [-0.39, 0.29) is 11.3 Å². The van der Waals surface area contributed by atoms with Crippen LogP contribution in [0.4, 0.5) is 15.8 Å². The van der Waals surface area contributed by atoms with Crippen molar-refractivity contribution in [2.75, 3.05) is 31.0 Å². The minimum absolute atomic E-state index is 0.0783. The van der Waals surface area contributed by atoms with Crippen molar-refractivity contribution in [3.8, 4) is 11.5 Å². The molecule has 1 heterocycles. The second-order valence-corrected chi connectivity index (χ2v) is 7.14. The number of piperidine rings is 1. The van der Waals surface area contributed by atoms with E-state index in [0.29, 0.717) is 17.5 Å². The molecule has 2 aromatic rings. The van der Waals surface area contributed by atoms with Crippen LogP contribution in [0.2, 0.25) is 0 Å². The first-order valence-corrected chi connectivity index (χ1v) is 9.19. The average Bonchev–Trinajstić information content (AvgIpc) is 3.31. The number of para-hydroxylation sites is 2. The van der Waals surface area contributed by atoms with E-state index in [9.17, 15) is 9.18 Å². The van der Waals surface area contributed by atoms with Crippen LogP contribution in [-0.4, -0.2) is 32.7 Å². The number of rotatable bonds is 5. The van der Waals surface area contributed by atoms with Gasteiger partial charge in [0.05, 0.1) is 31.2 Å². The summed E-state index contributed by atoms with van der Waals surface area (Å²) in [5.41, 5.74) is 1.62. The highest BCUT2D eigenvalue weighted by Gasteiger charge is 2.38. The predicted octanol–water partition coefficient (Wildman–Crippen LogP) is 4.08. The summed E-state index contributed by atoms with van der Waals surface area (Å²) in [6, 6.07) is 10.8. The Bertz CT molecular complexity index is 871. The van der Waals surface area contributed by atoms with E-state index in [4.69, 9.17) is 9.47 Å². The summed E-state index contributed by atoms with van der Waals surface area (Å²) in [5, 5.41) is 2.88. The first-order chi connectivity index (χ1) is 13.1. The average molecular weight is 370 g/mol. The van der Waals surface area contributed by atoms with Gasteiger partial charge in [-0.3, -0.25) is 4.79 Å². The van der Waals surface area contributed by atoms with Crippen molar-refractivity contribution < 1.29 is 18.7 Å². The van der Waals surface area contributed by atoms with Gasteiger partial charge in [-0.2, -0.15) is 0 Å². The minimum Gasteiger partial charge on any atom is -0.493 e. The standard InChI is InChI=1S/C21H23FN2O3/c1-26-19-10-15(16(22)11-20(19)27-2)21(25)23-17-5-3-4-6-18(17)24-12-13-7-8-14(24)9-13/h3-6,10-11,13-14H,7-9,12H2,1-2H3,(H,23,25). The largest absolute Gasteiger partial charge is 0.493 e. The van der Waals surface area contributed by atoms with Crippen LogP contribution in [-0.2, 0) is 0 Å². The Hall–Kier alpha value is -2.76. The van der Waals surface area contributed by atoms with Gasteiger partial charge >= 0.3 is 0 Å². The smallest absolute Gasteiger partial charge is 0.258 e. The zero-order valence-corrected chi connectivity index (χ0v) is 15.5. The van der Waals surface area contributed by atoms with Crippen LogP contribution < -0.4 is 19.7 Å². The van der Waals surface area contributed by atoms with Gasteiger partial charge in [0.15, 0.2) is 11.5 Å². The Balaban J connectivity index is 1.61. The van der Waals surface area contributed by atoms with E-state index in [0.717, 1.165) is 18.2 Å². The number of amides is 1. The van der Waals surface area contributed by atoms with Gasteiger partial charge in [-0.15, -0.1) is 0 Å². The second kappa shape index (κ2) is 7.10. The van der Waals surface area contributed by atoms with E-state index in [1.165, 1.54) is 45.6 Å². The molecule has 27 heavy (non-hydrogen) atoms. The lowest BCUT2D eigenvalue weighted by Crippen LogP contribution is -2.32. The number of anilines is 2. The first-order valence-electron chi connectivity index (χ1n) is 9.19. The molecule has 5 nitrogen and oxygen atoms in total. The number of hydrogen-bond donors (Lipinski definition) is 1. The Kier molecular flexibility index (Phi) is 4.64. The molecule has 2 aliphatic rings. The molecule has 0 radical (unpaired) electrons. The van der Waals surface area contributed by atoms with E-state index in [2.05, 4.69) is 10.2 Å². The Morgan fingerprint density at radius 3 is 2.56 bits per heavy atom. The van der Waals surface area contributed by atoms with Crippen LogP contribution in [0.25, 0.3) is 0 Å². The van der Waals surface area contributed by atoms with Crippen molar-refractivity contribution in [2.24, 2.45) is 5.92 Å². The third kappa shape index (κ3) is 3.20. The first kappa shape index (κ1) is 17.6. The zero-order chi connectivity index (χ0) is 19.0. The maximum atomic E-state index is 14.4. The normalized spacial score (nSPS) is 20.6. The number of benzene rings is 2. The molecule has 6 heteroatoms. The second-order valence-electron chi connectivity index (χ2n) is 7.14. The molecule has 0 spiro atoms. The van der Waals surface area contributed by atoms with E-state index >= 15 is 0 Å². The fraction of sp³-hybridized carbons (Fsp3) is 0.381. The van der Waals surface area contributed by atoms with Crippen LogP contribution in [0.15, 0.2) is 36.4 Å². The monoisotopic (exact) mass is 370 g/mol. The third-order valence-electron chi connectivity index (χ3n) is 5.59. The van der Waals surface area contributed by atoms with Crippen molar-refractivity contribution in [1.29, 1.82) is 0 Å². The lowest BCUT2D eigenvalue weighted by molar-refractivity contribution is 0.102. The molecule has 2 aromatic carbocycles. The number of fused-ring (bicyclic) bond motifs is 2. The highest BCUT2D eigenvalue weighted by molar-refractivity contribution is 6.06. The quantitative estimate of drug-likeness (QED) is 0.862. The molecule has 1 saturated carbocycles. The topological polar surface area (TPSA) is 50.8 Å². The third-order valence-corrected chi connectivity index (χ3v) is 5.59. The molecule has 2 unspecified atom stereocenters. The van der Waals surface area contributed by atoms with Crippen LogP contribution in [0.5, 0.6) is 11.5 Å². The van der Waals surface area contributed by atoms with E-state index < -0.39 is 11.7 Å². The highest BCUT2D eigenvalue weighted by Crippen LogP contribution is 2.42. The molecule has 2 fully saturated rings. The molecular weight excluding hydrogens is 347 g/mol. The van der Waals surface area contributed by atoms with Gasteiger partial charge in [-0.1, -0.05) is 12.1 Å². The molecule has 142 valence electrons. The van der Waals surface area contributed by atoms with Gasteiger partial charge in [0.2, 0.25) is 0 Å². The summed E-state index contributed by atoms with van der Waals surface area (Å²) in [6.07, 6.45) is 3.69. The summed E-state index contributed by atoms with van der Waals surface area (Å²) < 4.78 is 24.7. The molecule has 1 N–H and O–H groups in total. The Morgan fingerprint density at radius 1 is 1.15 bits per heavy atom. The SMILES string of the molecule is COc1cc(F)c(C(=O)Nc2ccccc2N2CC3CCC2C3)cc1OC. The number of ether oxygens (including phenoxy) is 2. The molecule has 1 saturated heterocycles. The number of halogens is 1. The number of hydrogen-bond acceptors (Lipinski definition) is 4. The summed E-state index contributed by atoms with van der Waals surface area (Å²) in [6.45, 7) is 1.02. The number of carbonyl (C=O) groups excluding carboxylic acids is 1. The summed E-state index contributed by atoms with van der Waals surface area (Å²) >= 11 is 0. The van der Waals surface area contributed by atoms with E-state index in [1.807, 2.05) is 24.3 Å². The van der Waals surface area contributed by atoms with Gasteiger partial charge in [0, 0.05) is 18.7 Å². The maximum absolute atomic E-state index is 14.4. The summed E-state index contributed by atoms with van der Waals surface area (Å²) in [7, 11) is 2.88. The summed E-state index contributed by atoms with van der Waals surface area (Å²) in [4.78, 5) is 15.1. The van der Waals surface area contributed by atoms with Gasteiger partial charge < -0.3 is 19.7 Å². The number of nitrogens with one attached hydrogen (secondary N) is 1. The molecule has 2 bridgehead atoms. The van der Waals surface area contributed by atoms with Gasteiger partial charge in [0.25, 0.3) is 5.91 Å². The minimum atomic E-state index is -0.650. The zero-order valence-electron chi connectivity index (χ0n) is 15.5. The molecule has 4 rings (SSSR count). The van der Waals surface area contributed by atoms with Crippen molar-refractivity contribution in [1.82, 2.24) is 0 Å². The number of carbonyl (C=O) groups is 1. The highest BCUT2D eigenvalue weighted by atomic mass is 19.1. The molecule has 1 aliphatic carbocycles. The maximum Gasteiger partial charge on any atom is 0.258 e. The van der Waals surface area contributed by atoms with Crippen LogP contribution in [0.1, 0.15) is 29.6 Å². The van der Waals surface area contributed by atoms with Crippen LogP contribution in [0.3, 0.4) is 0 Å².